The smallest absolute Gasteiger partial charge is 0.262 e. The van der Waals surface area contributed by atoms with Gasteiger partial charge in [0.05, 0.1) is 12.5 Å². The van der Waals surface area contributed by atoms with Crippen LogP contribution in [0, 0.1) is 12.8 Å². The number of aryl methyl sites for hydroxylation is 1. The highest BCUT2D eigenvalue weighted by molar-refractivity contribution is 5.88. The second-order valence-electron chi connectivity index (χ2n) is 6.55. The zero-order chi connectivity index (χ0) is 19.6. The van der Waals surface area contributed by atoms with Crippen molar-refractivity contribution in [3.8, 4) is 5.75 Å². The first-order chi connectivity index (χ1) is 13.0. The van der Waals surface area contributed by atoms with Crippen LogP contribution in [-0.4, -0.2) is 30.7 Å². The molecule has 2 rings (SSSR count). The number of hydrazone groups is 1. The normalized spacial score (nSPS) is 12.1. The molecule has 0 bridgehead atoms. The van der Waals surface area contributed by atoms with Gasteiger partial charge < -0.3 is 14.5 Å². The predicted octanol–water partition coefficient (Wildman–Crippen LogP) is 2.65. The number of amides is 2. The molecule has 144 valence electrons. The van der Waals surface area contributed by atoms with Crippen LogP contribution >= 0.6 is 0 Å². The number of carbonyl (C=O) groups excluding carboxylic acids is 2. The van der Waals surface area contributed by atoms with Crippen molar-refractivity contribution in [1.29, 1.82) is 0 Å². The van der Waals surface area contributed by atoms with Gasteiger partial charge in [-0.25, -0.2) is 5.43 Å². The number of hydrogen-bond donors (Lipinski definition) is 2. The largest absolute Gasteiger partial charge is 0.484 e. The third-order valence-electron chi connectivity index (χ3n) is 3.72. The lowest BCUT2D eigenvalue weighted by atomic mass is 10.0. The van der Waals surface area contributed by atoms with Crippen LogP contribution in [0.15, 0.2) is 52.2 Å². The SMILES string of the molecule is Cc1ccccc1OCC(=O)N[C@@H](CC(C)C)C(=O)N/N=C\c1ccco1. The van der Waals surface area contributed by atoms with Gasteiger partial charge >= 0.3 is 0 Å². The molecule has 27 heavy (non-hydrogen) atoms. The summed E-state index contributed by atoms with van der Waals surface area (Å²) in [4.78, 5) is 24.6. The first-order valence-corrected chi connectivity index (χ1v) is 8.80. The number of carbonyl (C=O) groups is 2. The van der Waals surface area contributed by atoms with Crippen molar-refractivity contribution in [1.82, 2.24) is 10.7 Å². The minimum Gasteiger partial charge on any atom is -0.484 e. The van der Waals surface area contributed by atoms with E-state index in [-0.39, 0.29) is 18.4 Å². The van der Waals surface area contributed by atoms with Gasteiger partial charge in [0.1, 0.15) is 17.6 Å². The minimum absolute atomic E-state index is 0.164. The Bertz CT molecular complexity index is 769. The number of benzene rings is 1. The van der Waals surface area contributed by atoms with E-state index in [1.54, 1.807) is 18.2 Å². The number of hydrogen-bond acceptors (Lipinski definition) is 5. The van der Waals surface area contributed by atoms with Crippen molar-refractivity contribution in [2.75, 3.05) is 6.61 Å². The van der Waals surface area contributed by atoms with E-state index in [1.165, 1.54) is 12.5 Å². The molecule has 1 heterocycles. The molecule has 1 aromatic heterocycles. The number of nitrogens with one attached hydrogen (secondary N) is 2. The maximum absolute atomic E-state index is 12.4. The van der Waals surface area contributed by atoms with E-state index in [9.17, 15) is 9.59 Å². The quantitative estimate of drug-likeness (QED) is 0.523. The number of nitrogens with zero attached hydrogens (tertiary/aromatic N) is 1. The molecule has 0 aliphatic carbocycles. The summed E-state index contributed by atoms with van der Waals surface area (Å²) in [6, 6.07) is 10.2. The average Bonchev–Trinajstić information content (AvgIpc) is 3.13. The molecule has 0 aliphatic heterocycles. The van der Waals surface area contributed by atoms with E-state index in [1.807, 2.05) is 39.0 Å². The summed E-state index contributed by atoms with van der Waals surface area (Å²) in [5.41, 5.74) is 3.37. The van der Waals surface area contributed by atoms with Gasteiger partial charge in [-0.2, -0.15) is 5.10 Å². The second-order valence-corrected chi connectivity index (χ2v) is 6.55. The standard InChI is InChI=1S/C20H25N3O4/c1-14(2)11-17(20(25)23-21-12-16-8-6-10-26-16)22-19(24)13-27-18-9-5-4-7-15(18)3/h4-10,12,14,17H,11,13H2,1-3H3,(H,22,24)(H,23,25)/b21-12-/t17-/m0/s1. The van der Waals surface area contributed by atoms with Crippen molar-refractivity contribution in [2.24, 2.45) is 11.0 Å². The molecule has 7 nitrogen and oxygen atoms in total. The highest BCUT2D eigenvalue weighted by Crippen LogP contribution is 2.15. The molecule has 0 saturated carbocycles. The molecule has 0 unspecified atom stereocenters. The molecule has 0 spiro atoms. The van der Waals surface area contributed by atoms with Crippen molar-refractivity contribution < 1.29 is 18.7 Å². The first-order valence-electron chi connectivity index (χ1n) is 8.80. The van der Waals surface area contributed by atoms with Crippen LogP contribution < -0.4 is 15.5 Å². The lowest BCUT2D eigenvalue weighted by molar-refractivity contribution is -0.130. The third kappa shape index (κ3) is 6.97. The summed E-state index contributed by atoms with van der Waals surface area (Å²) >= 11 is 0. The minimum atomic E-state index is -0.702. The predicted molar refractivity (Wildman–Crippen MR) is 103 cm³/mol. The van der Waals surface area contributed by atoms with Crippen LogP contribution in [0.1, 0.15) is 31.6 Å². The fourth-order valence-electron chi connectivity index (χ4n) is 2.40. The van der Waals surface area contributed by atoms with Gasteiger partial charge in [0.2, 0.25) is 0 Å². The van der Waals surface area contributed by atoms with Crippen LogP contribution in [0.4, 0.5) is 0 Å². The fourth-order valence-corrected chi connectivity index (χ4v) is 2.40. The fraction of sp³-hybridized carbons (Fsp3) is 0.350. The molecule has 0 aliphatic rings. The van der Waals surface area contributed by atoms with Crippen molar-refractivity contribution in [3.63, 3.8) is 0 Å². The second kappa shape index (κ2) is 10.2. The van der Waals surface area contributed by atoms with Gasteiger partial charge in [-0.15, -0.1) is 0 Å². The van der Waals surface area contributed by atoms with Gasteiger partial charge in [0.25, 0.3) is 11.8 Å². The van der Waals surface area contributed by atoms with E-state index < -0.39 is 11.9 Å². The zero-order valence-electron chi connectivity index (χ0n) is 15.8. The van der Waals surface area contributed by atoms with Crippen LogP contribution in [0.25, 0.3) is 0 Å². The Balaban J connectivity index is 1.89. The Morgan fingerprint density at radius 3 is 2.67 bits per heavy atom. The molecule has 0 saturated heterocycles. The van der Waals surface area contributed by atoms with Gasteiger partial charge in [0.15, 0.2) is 6.61 Å². The highest BCUT2D eigenvalue weighted by atomic mass is 16.5. The summed E-state index contributed by atoms with van der Waals surface area (Å²) in [6.45, 7) is 5.69. The Labute approximate surface area is 158 Å². The van der Waals surface area contributed by atoms with Crippen LogP contribution in [0.5, 0.6) is 5.75 Å². The lowest BCUT2D eigenvalue weighted by Gasteiger charge is -2.19. The van der Waals surface area contributed by atoms with E-state index in [2.05, 4.69) is 15.8 Å². The summed E-state index contributed by atoms with van der Waals surface area (Å²) in [7, 11) is 0. The van der Waals surface area contributed by atoms with Crippen LogP contribution in [-0.2, 0) is 9.59 Å². The molecular weight excluding hydrogens is 346 g/mol. The Morgan fingerprint density at radius 2 is 2.00 bits per heavy atom. The molecule has 1 atom stereocenters. The molecule has 2 aromatic rings. The van der Waals surface area contributed by atoms with E-state index in [0.29, 0.717) is 17.9 Å². The number of rotatable bonds is 9. The molecule has 2 N–H and O–H groups in total. The zero-order valence-corrected chi connectivity index (χ0v) is 15.8. The lowest BCUT2D eigenvalue weighted by Crippen LogP contribution is -2.47. The number of furan rings is 1. The maximum Gasteiger partial charge on any atom is 0.262 e. The summed E-state index contributed by atoms with van der Waals surface area (Å²) < 4.78 is 10.6. The summed E-state index contributed by atoms with van der Waals surface area (Å²) in [6.07, 6.45) is 3.39. The number of ether oxygens (including phenoxy) is 1. The van der Waals surface area contributed by atoms with Crippen LogP contribution in [0.2, 0.25) is 0 Å². The van der Waals surface area contributed by atoms with Gasteiger partial charge in [-0.3, -0.25) is 9.59 Å². The molecule has 0 radical (unpaired) electrons. The van der Waals surface area contributed by atoms with Crippen molar-refractivity contribution >= 4 is 18.0 Å². The first kappa shape index (κ1) is 20.2. The van der Waals surface area contributed by atoms with Gasteiger partial charge in [0, 0.05) is 0 Å². The molecule has 2 amide bonds. The average molecular weight is 371 g/mol. The molecule has 7 heteroatoms. The van der Waals surface area contributed by atoms with E-state index in [0.717, 1.165) is 5.56 Å². The summed E-state index contributed by atoms with van der Waals surface area (Å²) in [5.74, 6) is 0.615. The monoisotopic (exact) mass is 371 g/mol. The molecule has 1 aromatic carbocycles. The Hall–Kier alpha value is -3.09. The highest BCUT2D eigenvalue weighted by Gasteiger charge is 2.22. The Kier molecular flexibility index (Phi) is 7.61. The van der Waals surface area contributed by atoms with Crippen LogP contribution in [0.3, 0.4) is 0 Å². The molecule has 0 fully saturated rings. The van der Waals surface area contributed by atoms with Crippen molar-refractivity contribution in [3.05, 3.63) is 54.0 Å². The topological polar surface area (TPSA) is 92.9 Å². The Morgan fingerprint density at radius 1 is 1.22 bits per heavy atom. The maximum atomic E-state index is 12.4. The third-order valence-corrected chi connectivity index (χ3v) is 3.72. The number of para-hydroxylation sites is 1. The van der Waals surface area contributed by atoms with Gasteiger partial charge in [-0.1, -0.05) is 32.0 Å². The van der Waals surface area contributed by atoms with Crippen molar-refractivity contribution in [2.45, 2.75) is 33.2 Å². The van der Waals surface area contributed by atoms with E-state index >= 15 is 0 Å². The molecular formula is C20H25N3O4. The van der Waals surface area contributed by atoms with E-state index in [4.69, 9.17) is 9.15 Å². The van der Waals surface area contributed by atoms with Gasteiger partial charge in [-0.05, 0) is 43.0 Å². The summed E-state index contributed by atoms with van der Waals surface area (Å²) in [5, 5.41) is 6.56.